The number of carbonyl (C=O) groups is 1. The molecule has 3 aromatic carbocycles. The maximum atomic E-state index is 13.2. The van der Waals surface area contributed by atoms with Crippen molar-refractivity contribution in [2.75, 3.05) is 29.7 Å². The van der Waals surface area contributed by atoms with Gasteiger partial charge in [-0.3, -0.25) is 9.52 Å². The topological polar surface area (TPSA) is 122 Å². The van der Waals surface area contributed by atoms with Crippen molar-refractivity contribution >= 4 is 48.9 Å². The molecule has 9 nitrogen and oxygen atoms in total. The highest BCUT2D eigenvalue weighted by Crippen LogP contribution is 2.26. The zero-order valence-corrected chi connectivity index (χ0v) is 23.8. The Kier molecular flexibility index (Phi) is 9.16. The van der Waals surface area contributed by atoms with Gasteiger partial charge in [-0.2, -0.15) is 4.31 Å². The molecule has 0 saturated carbocycles. The highest BCUT2D eigenvalue weighted by Gasteiger charge is 2.27. The van der Waals surface area contributed by atoms with E-state index in [1.54, 1.807) is 24.3 Å². The highest BCUT2D eigenvalue weighted by molar-refractivity contribution is 7.92. The first-order chi connectivity index (χ1) is 18.6. The van der Waals surface area contributed by atoms with Gasteiger partial charge in [0.05, 0.1) is 27.0 Å². The van der Waals surface area contributed by atoms with Gasteiger partial charge in [0.2, 0.25) is 10.0 Å². The van der Waals surface area contributed by atoms with Crippen LogP contribution < -0.4 is 14.8 Å². The Bertz CT molecular complexity index is 1520. The Balaban J connectivity index is 1.47. The summed E-state index contributed by atoms with van der Waals surface area (Å²) in [7, 11) is -7.64. The van der Waals surface area contributed by atoms with Crippen LogP contribution in [-0.2, 0) is 20.0 Å². The van der Waals surface area contributed by atoms with Crippen LogP contribution in [0.4, 0.5) is 11.4 Å². The molecular weight excluding hydrogens is 562 g/mol. The molecule has 1 amide bonds. The molecule has 1 aliphatic rings. The second-order valence-electron chi connectivity index (χ2n) is 9.00. The second kappa shape index (κ2) is 12.4. The number of nitrogens with one attached hydrogen (secondary N) is 2. The highest BCUT2D eigenvalue weighted by atomic mass is 35.5. The first-order valence-corrected chi connectivity index (χ1v) is 15.9. The van der Waals surface area contributed by atoms with Crippen molar-refractivity contribution in [2.45, 2.75) is 42.4 Å². The number of nitrogens with zero attached hydrogens (tertiary/aromatic N) is 1. The summed E-state index contributed by atoms with van der Waals surface area (Å²) in [5.74, 6) is 0.0155. The molecule has 12 heteroatoms. The van der Waals surface area contributed by atoms with Gasteiger partial charge in [0.25, 0.3) is 15.9 Å². The first kappa shape index (κ1) is 28.9. The van der Waals surface area contributed by atoms with Gasteiger partial charge in [-0.05, 0) is 86.5 Å². The fourth-order valence-corrected chi connectivity index (χ4v) is 6.99. The summed E-state index contributed by atoms with van der Waals surface area (Å²) in [6.45, 7) is 3.24. The van der Waals surface area contributed by atoms with E-state index in [2.05, 4.69) is 10.0 Å². The quantitative estimate of drug-likeness (QED) is 0.346. The van der Waals surface area contributed by atoms with Gasteiger partial charge in [-0.25, -0.2) is 16.8 Å². The number of ether oxygens (including phenoxy) is 1. The van der Waals surface area contributed by atoms with Crippen LogP contribution >= 0.6 is 11.6 Å². The van der Waals surface area contributed by atoms with Crippen molar-refractivity contribution in [1.82, 2.24) is 4.31 Å². The molecule has 0 bridgehead atoms. The van der Waals surface area contributed by atoms with Crippen LogP contribution in [0.5, 0.6) is 5.75 Å². The lowest BCUT2D eigenvalue weighted by atomic mass is 10.2. The number of sulfonamides is 2. The van der Waals surface area contributed by atoms with E-state index in [9.17, 15) is 21.6 Å². The molecule has 208 valence electrons. The van der Waals surface area contributed by atoms with Crippen molar-refractivity contribution in [3.05, 3.63) is 77.3 Å². The first-order valence-electron chi connectivity index (χ1n) is 12.6. The van der Waals surface area contributed by atoms with Crippen LogP contribution in [0.2, 0.25) is 5.02 Å². The van der Waals surface area contributed by atoms with Gasteiger partial charge in [0.1, 0.15) is 5.75 Å². The zero-order valence-electron chi connectivity index (χ0n) is 21.4. The molecule has 1 fully saturated rings. The average Bonchev–Trinajstić information content (AvgIpc) is 3.21. The minimum absolute atomic E-state index is 0.000699. The average molecular weight is 592 g/mol. The number of carbonyl (C=O) groups excluding carboxylic acids is 1. The molecule has 0 atom stereocenters. The van der Waals surface area contributed by atoms with E-state index >= 15 is 0 Å². The third kappa shape index (κ3) is 7.10. The molecule has 1 aliphatic heterocycles. The third-order valence-corrected chi connectivity index (χ3v) is 9.85. The molecule has 0 spiro atoms. The Morgan fingerprint density at radius 3 is 2.05 bits per heavy atom. The number of benzene rings is 3. The lowest BCUT2D eigenvalue weighted by Gasteiger charge is -2.20. The fourth-order valence-electron chi connectivity index (χ4n) is 4.19. The lowest BCUT2D eigenvalue weighted by Crippen LogP contribution is -2.32. The van der Waals surface area contributed by atoms with Gasteiger partial charge in [-0.15, -0.1) is 0 Å². The number of hydrogen-bond acceptors (Lipinski definition) is 6. The molecule has 0 aliphatic carbocycles. The van der Waals surface area contributed by atoms with Gasteiger partial charge < -0.3 is 10.1 Å². The fraction of sp³-hybridized carbons (Fsp3) is 0.296. The number of amides is 1. The van der Waals surface area contributed by atoms with E-state index in [0.29, 0.717) is 36.8 Å². The summed E-state index contributed by atoms with van der Waals surface area (Å²) in [5.41, 5.74) is 0.693. The maximum Gasteiger partial charge on any atom is 0.261 e. The van der Waals surface area contributed by atoms with Gasteiger partial charge in [0.15, 0.2) is 0 Å². The predicted octanol–water partition coefficient (Wildman–Crippen LogP) is 5.36. The Hall–Kier alpha value is -3.12. The van der Waals surface area contributed by atoms with E-state index in [4.69, 9.17) is 16.3 Å². The monoisotopic (exact) mass is 591 g/mol. The molecule has 39 heavy (non-hydrogen) atoms. The van der Waals surface area contributed by atoms with Crippen LogP contribution in [0.3, 0.4) is 0 Å². The van der Waals surface area contributed by atoms with Crippen LogP contribution in [-0.4, -0.2) is 46.7 Å². The van der Waals surface area contributed by atoms with Crippen LogP contribution in [0.1, 0.15) is 43.0 Å². The Labute approximate surface area is 234 Å². The lowest BCUT2D eigenvalue weighted by molar-refractivity contribution is 0.102. The van der Waals surface area contributed by atoms with Crippen molar-refractivity contribution < 1.29 is 26.4 Å². The SMILES string of the molecule is CCOc1ccc(NS(=O)(=O)c2ccc(NC(=O)c3cc(S(=O)(=O)N4CCCCCC4)ccc3Cl)cc2)cc1. The minimum atomic E-state index is -3.87. The standard InChI is InChI=1S/C27H30ClN3O6S2/c1-2-37-22-11-7-21(8-12-22)30-38(33,34)23-13-9-20(10-14-23)29-27(32)25-19-24(15-16-26(25)28)39(35,36)31-17-5-3-4-6-18-31/h7-16,19,30H,2-6,17-18H2,1H3,(H,29,32). The predicted molar refractivity (Wildman–Crippen MR) is 151 cm³/mol. The van der Waals surface area contributed by atoms with Gasteiger partial charge in [0, 0.05) is 24.5 Å². The van der Waals surface area contributed by atoms with Crippen molar-refractivity contribution in [2.24, 2.45) is 0 Å². The second-order valence-corrected chi connectivity index (χ2v) is 13.0. The molecule has 0 aromatic heterocycles. The molecule has 3 aromatic rings. The van der Waals surface area contributed by atoms with Crippen LogP contribution in [0.15, 0.2) is 76.5 Å². The molecule has 2 N–H and O–H groups in total. The largest absolute Gasteiger partial charge is 0.494 e. The molecule has 1 heterocycles. The molecular formula is C27H30ClN3O6S2. The van der Waals surface area contributed by atoms with Crippen LogP contribution in [0, 0.1) is 0 Å². The summed E-state index contributed by atoms with van der Waals surface area (Å²) in [6.07, 6.45) is 3.55. The summed E-state index contributed by atoms with van der Waals surface area (Å²) in [6, 6.07) is 16.2. The van der Waals surface area contributed by atoms with E-state index in [1.807, 2.05) is 6.92 Å². The van der Waals surface area contributed by atoms with Crippen molar-refractivity contribution in [3.63, 3.8) is 0 Å². The van der Waals surface area contributed by atoms with Crippen molar-refractivity contribution in [1.29, 1.82) is 0 Å². The molecule has 0 radical (unpaired) electrons. The summed E-state index contributed by atoms with van der Waals surface area (Å²) in [5, 5.41) is 2.75. The zero-order chi connectivity index (χ0) is 28.0. The summed E-state index contributed by atoms with van der Waals surface area (Å²) in [4.78, 5) is 13.0. The van der Waals surface area contributed by atoms with Gasteiger partial charge in [-0.1, -0.05) is 24.4 Å². The number of anilines is 2. The number of rotatable bonds is 9. The van der Waals surface area contributed by atoms with Crippen LogP contribution in [0.25, 0.3) is 0 Å². The molecule has 1 saturated heterocycles. The van der Waals surface area contributed by atoms with Gasteiger partial charge >= 0.3 is 0 Å². The Morgan fingerprint density at radius 2 is 1.44 bits per heavy atom. The van der Waals surface area contributed by atoms with E-state index in [-0.39, 0.29) is 20.4 Å². The molecule has 0 unspecified atom stereocenters. The van der Waals surface area contributed by atoms with E-state index in [0.717, 1.165) is 25.7 Å². The smallest absolute Gasteiger partial charge is 0.261 e. The molecule has 4 rings (SSSR count). The van der Waals surface area contributed by atoms with E-state index < -0.39 is 26.0 Å². The summed E-state index contributed by atoms with van der Waals surface area (Å²) < 4.78 is 61.2. The Morgan fingerprint density at radius 1 is 0.846 bits per heavy atom. The maximum absolute atomic E-state index is 13.2. The minimum Gasteiger partial charge on any atom is -0.494 e. The third-order valence-electron chi connectivity index (χ3n) is 6.23. The number of hydrogen-bond donors (Lipinski definition) is 2. The normalized spacial score (nSPS) is 14.8. The van der Waals surface area contributed by atoms with Crippen molar-refractivity contribution in [3.8, 4) is 5.75 Å². The number of halogens is 1. The summed E-state index contributed by atoms with van der Waals surface area (Å²) >= 11 is 6.24. The van der Waals surface area contributed by atoms with E-state index in [1.165, 1.54) is 46.8 Å².